The summed E-state index contributed by atoms with van der Waals surface area (Å²) in [6.07, 6.45) is 1.38. The number of hydrogen-bond acceptors (Lipinski definition) is 7. The minimum atomic E-state index is -0.927. The molecule has 0 spiro atoms. The summed E-state index contributed by atoms with van der Waals surface area (Å²) in [5, 5.41) is 2.41. The van der Waals surface area contributed by atoms with Crippen LogP contribution in [-0.4, -0.2) is 45.8 Å². The van der Waals surface area contributed by atoms with Crippen LogP contribution in [0.25, 0.3) is 6.08 Å². The van der Waals surface area contributed by atoms with Crippen molar-refractivity contribution in [1.29, 1.82) is 0 Å². The molecule has 1 aliphatic heterocycles. The Labute approximate surface area is 208 Å². The lowest BCUT2D eigenvalue weighted by Gasteiger charge is -2.28. The van der Waals surface area contributed by atoms with Crippen molar-refractivity contribution < 1.29 is 33.3 Å². The van der Waals surface area contributed by atoms with Crippen molar-refractivity contribution in [3.05, 3.63) is 44.0 Å². The van der Waals surface area contributed by atoms with Crippen LogP contribution in [0.3, 0.4) is 0 Å². The predicted octanol–water partition coefficient (Wildman–Crippen LogP) is 4.04. The molecule has 0 bridgehead atoms. The fraction of sp³-hybridized carbons (Fsp3) is 0.227. The number of imide groups is 2. The van der Waals surface area contributed by atoms with Crippen molar-refractivity contribution >= 4 is 63.8 Å². The molecule has 2 aromatic carbocycles. The highest BCUT2D eigenvalue weighted by atomic mass is 127. The number of rotatable bonds is 7. The Kier molecular flexibility index (Phi) is 7.69. The van der Waals surface area contributed by atoms with E-state index in [9.17, 15) is 14.4 Å². The maximum atomic E-state index is 13.3. The van der Waals surface area contributed by atoms with E-state index < -0.39 is 17.8 Å². The molecule has 174 valence electrons. The molecule has 0 saturated carbocycles. The first-order valence-electron chi connectivity index (χ1n) is 9.58. The van der Waals surface area contributed by atoms with Gasteiger partial charge in [-0.3, -0.25) is 14.9 Å². The number of barbiturate groups is 1. The second-order valence-electron chi connectivity index (χ2n) is 6.58. The fourth-order valence-electron chi connectivity index (χ4n) is 3.19. The van der Waals surface area contributed by atoms with Crippen LogP contribution in [0.1, 0.15) is 12.5 Å². The molecule has 1 aliphatic rings. The summed E-state index contributed by atoms with van der Waals surface area (Å²) in [7, 11) is 4.28. The van der Waals surface area contributed by atoms with Crippen LogP contribution in [-0.2, 0) is 9.59 Å². The van der Waals surface area contributed by atoms with E-state index in [1.807, 2.05) is 6.92 Å². The minimum Gasteiger partial charge on any atom is -0.495 e. The fourth-order valence-corrected chi connectivity index (χ4v) is 4.27. The number of nitrogens with one attached hydrogen (secondary N) is 1. The van der Waals surface area contributed by atoms with Crippen molar-refractivity contribution in [1.82, 2.24) is 5.32 Å². The van der Waals surface area contributed by atoms with E-state index in [-0.39, 0.29) is 27.8 Å². The van der Waals surface area contributed by atoms with Gasteiger partial charge in [-0.25, -0.2) is 9.69 Å². The third kappa shape index (κ3) is 4.86. The van der Waals surface area contributed by atoms with Crippen LogP contribution in [0.5, 0.6) is 23.0 Å². The van der Waals surface area contributed by atoms with Crippen molar-refractivity contribution in [3.8, 4) is 23.0 Å². The Morgan fingerprint density at radius 3 is 2.30 bits per heavy atom. The van der Waals surface area contributed by atoms with Crippen molar-refractivity contribution in [2.24, 2.45) is 0 Å². The van der Waals surface area contributed by atoms with E-state index in [4.69, 9.17) is 30.5 Å². The van der Waals surface area contributed by atoms with Crippen LogP contribution in [0.15, 0.2) is 29.8 Å². The smallest absolute Gasteiger partial charge is 0.336 e. The molecule has 4 amide bonds. The molecule has 1 saturated heterocycles. The number of halogens is 2. The molecular formula is C22H20ClIN2O7. The lowest BCUT2D eigenvalue weighted by Crippen LogP contribution is -2.54. The van der Waals surface area contributed by atoms with Gasteiger partial charge in [-0.2, -0.15) is 0 Å². The van der Waals surface area contributed by atoms with Crippen molar-refractivity contribution in [2.75, 3.05) is 32.8 Å². The van der Waals surface area contributed by atoms with E-state index in [1.165, 1.54) is 39.5 Å². The molecule has 9 nitrogen and oxygen atoms in total. The van der Waals surface area contributed by atoms with Gasteiger partial charge in [0.2, 0.25) is 0 Å². The maximum absolute atomic E-state index is 13.3. The van der Waals surface area contributed by atoms with Crippen LogP contribution >= 0.6 is 34.2 Å². The van der Waals surface area contributed by atoms with Gasteiger partial charge in [-0.05, 0) is 53.3 Å². The van der Waals surface area contributed by atoms with Crippen molar-refractivity contribution in [2.45, 2.75) is 6.92 Å². The van der Waals surface area contributed by atoms with Crippen molar-refractivity contribution in [3.63, 3.8) is 0 Å². The van der Waals surface area contributed by atoms with E-state index in [0.717, 1.165) is 4.90 Å². The summed E-state index contributed by atoms with van der Waals surface area (Å²) >= 11 is 8.20. The molecular weight excluding hydrogens is 567 g/mol. The number of anilines is 1. The molecule has 11 heteroatoms. The topological polar surface area (TPSA) is 103 Å². The first-order valence-corrected chi connectivity index (χ1v) is 11.0. The van der Waals surface area contributed by atoms with Crippen LogP contribution in [0, 0.1) is 3.57 Å². The second-order valence-corrected chi connectivity index (χ2v) is 8.15. The molecule has 1 fully saturated rings. The highest BCUT2D eigenvalue weighted by Gasteiger charge is 2.38. The van der Waals surface area contributed by atoms with E-state index in [1.54, 1.807) is 12.1 Å². The highest BCUT2D eigenvalue weighted by Crippen LogP contribution is 2.40. The van der Waals surface area contributed by atoms with E-state index in [0.29, 0.717) is 27.2 Å². The number of nitrogens with zero attached hydrogens (tertiary/aromatic N) is 1. The van der Waals surface area contributed by atoms with Crippen LogP contribution in [0.4, 0.5) is 10.5 Å². The zero-order chi connectivity index (χ0) is 24.3. The van der Waals surface area contributed by atoms with Gasteiger partial charge in [0.25, 0.3) is 11.8 Å². The number of hydrogen-bond donors (Lipinski definition) is 1. The quantitative estimate of drug-likeness (QED) is 0.297. The van der Waals surface area contributed by atoms with E-state index in [2.05, 4.69) is 27.9 Å². The maximum Gasteiger partial charge on any atom is 0.336 e. The third-order valence-electron chi connectivity index (χ3n) is 4.64. The Balaban J connectivity index is 2.11. The number of benzene rings is 2. The summed E-state index contributed by atoms with van der Waals surface area (Å²) in [4.78, 5) is 39.3. The molecule has 0 unspecified atom stereocenters. The molecule has 33 heavy (non-hydrogen) atoms. The molecule has 3 rings (SSSR count). The highest BCUT2D eigenvalue weighted by molar-refractivity contribution is 14.1. The molecule has 0 radical (unpaired) electrons. The summed E-state index contributed by atoms with van der Waals surface area (Å²) in [5.74, 6) is -0.300. The minimum absolute atomic E-state index is 0.0685. The van der Waals surface area contributed by atoms with Gasteiger partial charge in [0, 0.05) is 12.1 Å². The molecule has 0 aromatic heterocycles. The number of amides is 4. The Hall–Kier alpha value is -2.99. The van der Waals surface area contributed by atoms with Gasteiger partial charge in [0.05, 0.1) is 42.2 Å². The number of ether oxygens (including phenoxy) is 4. The van der Waals surface area contributed by atoms with Gasteiger partial charge in [-0.1, -0.05) is 11.6 Å². The Morgan fingerprint density at radius 1 is 1.00 bits per heavy atom. The average Bonchev–Trinajstić information content (AvgIpc) is 2.77. The molecule has 2 aromatic rings. The number of urea groups is 1. The SMILES string of the molecule is CCOc1cc(C=C2C(=O)NC(=O)N(c3cc(OC)c(Cl)cc3OC)C2=O)cc(I)c1OC. The third-order valence-corrected chi connectivity index (χ3v) is 5.74. The first kappa shape index (κ1) is 24.6. The van der Waals surface area contributed by atoms with Gasteiger partial charge < -0.3 is 18.9 Å². The molecule has 0 atom stereocenters. The number of methoxy groups -OCH3 is 3. The standard InChI is InChI=1S/C22H20ClIN2O7/c1-5-33-18-8-11(7-14(24)19(18)32-4)6-12-20(27)25-22(29)26(21(12)28)15-10-16(30-2)13(23)9-17(15)31-3/h6-10H,5H2,1-4H3,(H,25,27,29). The normalized spacial score (nSPS) is 14.9. The Morgan fingerprint density at radius 2 is 1.70 bits per heavy atom. The lowest BCUT2D eigenvalue weighted by atomic mass is 10.1. The summed E-state index contributed by atoms with van der Waals surface area (Å²) in [6.45, 7) is 2.22. The van der Waals surface area contributed by atoms with Crippen LogP contribution in [0.2, 0.25) is 5.02 Å². The van der Waals surface area contributed by atoms with Gasteiger partial charge in [-0.15, -0.1) is 0 Å². The summed E-state index contributed by atoms with van der Waals surface area (Å²) < 4.78 is 22.2. The van der Waals surface area contributed by atoms with E-state index >= 15 is 0 Å². The predicted molar refractivity (Wildman–Crippen MR) is 130 cm³/mol. The largest absolute Gasteiger partial charge is 0.495 e. The average molecular weight is 587 g/mol. The van der Waals surface area contributed by atoms with Crippen LogP contribution < -0.4 is 29.2 Å². The summed E-state index contributed by atoms with van der Waals surface area (Å²) in [5.41, 5.74) is 0.324. The van der Waals surface area contributed by atoms with Gasteiger partial charge >= 0.3 is 6.03 Å². The zero-order valence-electron chi connectivity index (χ0n) is 18.2. The number of carbonyl (C=O) groups is 3. The monoisotopic (exact) mass is 586 g/mol. The number of carbonyl (C=O) groups excluding carboxylic acids is 3. The van der Waals surface area contributed by atoms with Gasteiger partial charge in [0.1, 0.15) is 17.1 Å². The Bertz CT molecular complexity index is 1170. The van der Waals surface area contributed by atoms with Gasteiger partial charge in [0.15, 0.2) is 11.5 Å². The lowest BCUT2D eigenvalue weighted by molar-refractivity contribution is -0.122. The first-order chi connectivity index (χ1) is 15.7. The molecule has 1 heterocycles. The summed E-state index contributed by atoms with van der Waals surface area (Å²) in [6, 6.07) is 5.24. The molecule has 0 aliphatic carbocycles. The zero-order valence-corrected chi connectivity index (χ0v) is 21.1. The second kappa shape index (κ2) is 10.3. The molecule has 1 N–H and O–H groups in total.